The number of carbonyl (C=O) groups is 1. The van der Waals surface area contributed by atoms with Crippen LogP contribution in [0.2, 0.25) is 5.02 Å². The van der Waals surface area contributed by atoms with Crippen LogP contribution in [0, 0.1) is 5.82 Å². The summed E-state index contributed by atoms with van der Waals surface area (Å²) in [5.41, 5.74) is 0.800. The van der Waals surface area contributed by atoms with Crippen molar-refractivity contribution in [2.24, 2.45) is 0 Å². The highest BCUT2D eigenvalue weighted by Gasteiger charge is 2.24. The Morgan fingerprint density at radius 1 is 1.48 bits per heavy atom. The number of aliphatic hydroxyl groups is 1. The third-order valence-electron chi connectivity index (χ3n) is 3.74. The molecule has 0 aliphatic rings. The first-order valence-corrected chi connectivity index (χ1v) is 8.99. The van der Waals surface area contributed by atoms with Gasteiger partial charge in [0.15, 0.2) is 5.82 Å². The Morgan fingerprint density at radius 2 is 2.26 bits per heavy atom. The molecule has 0 spiro atoms. The molecule has 0 saturated carbocycles. The lowest BCUT2D eigenvalue weighted by atomic mass is 10.1. The van der Waals surface area contributed by atoms with Crippen molar-refractivity contribution in [3.05, 3.63) is 51.5 Å². The Hall–Kier alpha value is -2.20. The summed E-state index contributed by atoms with van der Waals surface area (Å²) in [6.45, 7) is -0.330. The lowest BCUT2D eigenvalue weighted by Gasteiger charge is -2.19. The topological polar surface area (TPSA) is 90.5 Å². The predicted molar refractivity (Wildman–Crippen MR) is 104 cm³/mol. The van der Waals surface area contributed by atoms with Crippen LogP contribution >= 0.6 is 27.5 Å². The third kappa shape index (κ3) is 4.06. The van der Waals surface area contributed by atoms with Gasteiger partial charge in [0, 0.05) is 11.5 Å². The molecule has 0 aliphatic carbocycles. The number of anilines is 2. The van der Waals surface area contributed by atoms with Gasteiger partial charge in [0.2, 0.25) is 0 Å². The molecule has 7 nitrogen and oxygen atoms in total. The number of benzene rings is 2. The minimum Gasteiger partial charge on any atom is -0.394 e. The van der Waals surface area contributed by atoms with Crippen molar-refractivity contribution >= 4 is 55.8 Å². The van der Waals surface area contributed by atoms with Gasteiger partial charge < -0.3 is 15.4 Å². The van der Waals surface area contributed by atoms with E-state index in [2.05, 4.69) is 31.2 Å². The van der Waals surface area contributed by atoms with Crippen LogP contribution in [-0.4, -0.2) is 46.3 Å². The van der Waals surface area contributed by atoms with Crippen LogP contribution in [0.1, 0.15) is 10.4 Å². The molecule has 0 radical (unpaired) electrons. The van der Waals surface area contributed by atoms with Crippen molar-refractivity contribution in [1.29, 1.82) is 0 Å². The van der Waals surface area contributed by atoms with Crippen LogP contribution in [0.5, 0.6) is 0 Å². The van der Waals surface area contributed by atoms with Gasteiger partial charge in [-0.3, -0.25) is 9.63 Å². The van der Waals surface area contributed by atoms with Gasteiger partial charge in [-0.15, -0.1) is 0 Å². The summed E-state index contributed by atoms with van der Waals surface area (Å²) in [5, 5.41) is 13.0. The number of halogens is 3. The van der Waals surface area contributed by atoms with Gasteiger partial charge in [-0.05, 0) is 24.3 Å². The van der Waals surface area contributed by atoms with Crippen molar-refractivity contribution in [3.8, 4) is 0 Å². The van der Waals surface area contributed by atoms with Crippen LogP contribution in [0.25, 0.3) is 11.0 Å². The molecule has 1 aromatic heterocycles. The van der Waals surface area contributed by atoms with E-state index in [0.717, 1.165) is 9.54 Å². The number of rotatable bonds is 6. The van der Waals surface area contributed by atoms with Crippen LogP contribution in [0.15, 0.2) is 35.1 Å². The van der Waals surface area contributed by atoms with E-state index in [4.69, 9.17) is 21.5 Å². The Morgan fingerprint density at radius 3 is 2.96 bits per heavy atom. The molecule has 0 bridgehead atoms. The molecular formula is C17H15BrClFN4O3. The molecule has 0 unspecified atom stereocenters. The first-order valence-electron chi connectivity index (χ1n) is 7.82. The number of aliphatic hydroxyl groups excluding tert-OH is 1. The van der Waals surface area contributed by atoms with E-state index in [1.165, 1.54) is 19.4 Å². The summed E-state index contributed by atoms with van der Waals surface area (Å²) in [6, 6.07) is 6.51. The Bertz CT molecular complexity index is 998. The van der Waals surface area contributed by atoms with E-state index < -0.39 is 11.7 Å². The van der Waals surface area contributed by atoms with Gasteiger partial charge in [0.1, 0.15) is 5.52 Å². The van der Waals surface area contributed by atoms with Gasteiger partial charge in [-0.25, -0.2) is 14.4 Å². The fourth-order valence-electron chi connectivity index (χ4n) is 2.46. The molecule has 2 aromatic carbocycles. The van der Waals surface area contributed by atoms with Gasteiger partial charge in [0.25, 0.3) is 5.91 Å². The maximum absolute atomic E-state index is 15.1. The van der Waals surface area contributed by atoms with Gasteiger partial charge in [-0.1, -0.05) is 27.5 Å². The molecule has 0 atom stereocenters. The second-order valence-corrected chi connectivity index (χ2v) is 6.84. The summed E-state index contributed by atoms with van der Waals surface area (Å²) in [7, 11) is 1.38. The number of aromatic nitrogens is 2. The Kier molecular flexibility index (Phi) is 5.95. The SMILES string of the molecule is CN(OCCO)C(=O)c1cc2[nH]cnc2c(F)c1Nc1ccc(Br)cc1Cl. The third-order valence-corrected chi connectivity index (χ3v) is 4.54. The fraction of sp³-hybridized carbons (Fsp3) is 0.176. The molecule has 3 N–H and O–H groups in total. The highest BCUT2D eigenvalue weighted by Crippen LogP contribution is 2.34. The zero-order chi connectivity index (χ0) is 19.6. The lowest BCUT2D eigenvalue weighted by molar-refractivity contribution is -0.114. The highest BCUT2D eigenvalue weighted by atomic mass is 79.9. The van der Waals surface area contributed by atoms with E-state index >= 15 is 4.39 Å². The minimum absolute atomic E-state index is 0.0173. The zero-order valence-corrected chi connectivity index (χ0v) is 16.4. The van der Waals surface area contributed by atoms with Gasteiger partial charge in [-0.2, -0.15) is 0 Å². The normalized spacial score (nSPS) is 11.0. The number of hydrogen-bond acceptors (Lipinski definition) is 5. The molecule has 1 amide bonds. The van der Waals surface area contributed by atoms with E-state index in [9.17, 15) is 4.79 Å². The van der Waals surface area contributed by atoms with E-state index in [1.807, 2.05) is 0 Å². The number of nitrogens with zero attached hydrogens (tertiary/aromatic N) is 2. The fourth-order valence-corrected chi connectivity index (χ4v) is 3.19. The molecular weight excluding hydrogens is 443 g/mol. The Labute approximate surface area is 167 Å². The molecule has 0 aliphatic heterocycles. The van der Waals surface area contributed by atoms with Crippen molar-refractivity contribution < 1.29 is 19.1 Å². The predicted octanol–water partition coefficient (Wildman–Crippen LogP) is 3.86. The Balaban J connectivity index is 2.08. The van der Waals surface area contributed by atoms with Gasteiger partial charge in [0.05, 0.1) is 47.0 Å². The summed E-state index contributed by atoms with van der Waals surface area (Å²) in [4.78, 5) is 24.6. The first kappa shape index (κ1) is 19.6. The molecule has 10 heteroatoms. The maximum Gasteiger partial charge on any atom is 0.279 e. The molecule has 0 fully saturated rings. The molecule has 0 saturated heterocycles. The number of hydroxylamine groups is 2. The summed E-state index contributed by atoms with van der Waals surface area (Å²) in [6.07, 6.45) is 1.34. The van der Waals surface area contributed by atoms with Crippen LogP contribution in [-0.2, 0) is 4.84 Å². The molecule has 3 rings (SSSR count). The molecule has 1 heterocycles. The number of imidazole rings is 1. The highest BCUT2D eigenvalue weighted by molar-refractivity contribution is 9.10. The lowest BCUT2D eigenvalue weighted by Crippen LogP contribution is -2.29. The van der Waals surface area contributed by atoms with Crippen molar-refractivity contribution in [3.63, 3.8) is 0 Å². The van der Waals surface area contributed by atoms with Crippen molar-refractivity contribution in [1.82, 2.24) is 15.0 Å². The van der Waals surface area contributed by atoms with Crippen LogP contribution in [0.4, 0.5) is 15.8 Å². The second-order valence-electron chi connectivity index (χ2n) is 5.52. The van der Waals surface area contributed by atoms with E-state index in [1.54, 1.807) is 18.2 Å². The monoisotopic (exact) mass is 456 g/mol. The van der Waals surface area contributed by atoms with E-state index in [-0.39, 0.29) is 30.0 Å². The van der Waals surface area contributed by atoms with Gasteiger partial charge >= 0.3 is 0 Å². The molecule has 3 aromatic rings. The van der Waals surface area contributed by atoms with Crippen LogP contribution < -0.4 is 5.32 Å². The van der Waals surface area contributed by atoms with Crippen molar-refractivity contribution in [2.75, 3.05) is 25.6 Å². The standard InChI is InChI=1S/C17H15BrClFN4O3/c1-24(27-5-4-25)17(26)10-7-13-16(22-8-21-13)14(20)15(10)23-12-3-2-9(18)6-11(12)19/h2-3,6-8,23,25H,4-5H2,1H3,(H,21,22). The number of amides is 1. The summed E-state index contributed by atoms with van der Waals surface area (Å²) in [5.74, 6) is -1.30. The number of carbonyl (C=O) groups excluding carboxylic acids is 1. The second kappa shape index (κ2) is 8.22. The van der Waals surface area contributed by atoms with Crippen molar-refractivity contribution in [2.45, 2.75) is 0 Å². The number of fused-ring (bicyclic) bond motifs is 1. The number of aromatic amines is 1. The number of H-pyrrole nitrogens is 1. The average molecular weight is 458 g/mol. The maximum atomic E-state index is 15.1. The number of hydrogen-bond donors (Lipinski definition) is 3. The smallest absolute Gasteiger partial charge is 0.279 e. The van der Waals surface area contributed by atoms with E-state index in [0.29, 0.717) is 16.2 Å². The average Bonchev–Trinajstić information content (AvgIpc) is 3.12. The summed E-state index contributed by atoms with van der Waals surface area (Å²) >= 11 is 9.51. The summed E-state index contributed by atoms with van der Waals surface area (Å²) < 4.78 is 15.8. The molecule has 27 heavy (non-hydrogen) atoms. The minimum atomic E-state index is -0.702. The number of nitrogens with one attached hydrogen (secondary N) is 2. The largest absolute Gasteiger partial charge is 0.394 e. The molecule has 142 valence electrons. The quantitative estimate of drug-likeness (QED) is 0.489. The first-order chi connectivity index (χ1) is 12.9. The zero-order valence-electron chi connectivity index (χ0n) is 14.1. The van der Waals surface area contributed by atoms with Crippen LogP contribution in [0.3, 0.4) is 0 Å².